The molecule has 3 nitrogen and oxygen atoms in total. The Morgan fingerprint density at radius 1 is 0.889 bits per heavy atom. The van der Waals surface area contributed by atoms with Gasteiger partial charge in [-0.1, -0.05) is 0 Å². The van der Waals surface area contributed by atoms with E-state index in [0.29, 0.717) is 5.75 Å². The van der Waals surface area contributed by atoms with E-state index >= 15 is 0 Å². The number of hydrogen-bond donors (Lipinski definition) is 2. The van der Waals surface area contributed by atoms with Crippen molar-refractivity contribution in [2.75, 3.05) is 0 Å². The molecule has 2 rings (SSSR count). The fourth-order valence-corrected chi connectivity index (χ4v) is 2.13. The van der Waals surface area contributed by atoms with Crippen LogP contribution in [0.2, 0.25) is 0 Å². The van der Waals surface area contributed by atoms with Crippen LogP contribution in [0, 0.1) is 0 Å². The molecule has 0 aliphatic heterocycles. The van der Waals surface area contributed by atoms with Crippen LogP contribution in [-0.2, 0) is 0 Å². The summed E-state index contributed by atoms with van der Waals surface area (Å²) in [6.45, 7) is 3.33. The molecule has 2 N–H and O–H groups in total. The zero-order valence-electron chi connectivity index (χ0n) is 9.78. The molecule has 0 heterocycles. The van der Waals surface area contributed by atoms with Gasteiger partial charge in [-0.3, -0.25) is 0 Å². The van der Waals surface area contributed by atoms with Crippen LogP contribution in [-0.4, -0.2) is 9.79 Å². The molecule has 0 saturated heterocycles. The summed E-state index contributed by atoms with van der Waals surface area (Å²) in [5, 5.41) is 0. The van der Waals surface area contributed by atoms with Crippen LogP contribution in [0.5, 0.6) is 5.75 Å². The van der Waals surface area contributed by atoms with Crippen LogP contribution in [0.3, 0.4) is 0 Å². The van der Waals surface area contributed by atoms with Crippen LogP contribution >= 0.6 is 7.94 Å². The van der Waals surface area contributed by atoms with E-state index in [1.54, 1.807) is 12.1 Å². The average molecular weight is 262 g/mol. The predicted octanol–water partition coefficient (Wildman–Crippen LogP) is 3.36. The fourth-order valence-electron chi connectivity index (χ4n) is 1.56. The van der Waals surface area contributed by atoms with Crippen LogP contribution in [0.15, 0.2) is 67.0 Å². The molecule has 2 aromatic rings. The Balaban J connectivity index is 2.18. The topological polar surface area (TPSA) is 49.7 Å². The summed E-state index contributed by atoms with van der Waals surface area (Å²) < 4.78 is 5.07. The number of hydrogen-bond acceptors (Lipinski definition) is 3. The van der Waals surface area contributed by atoms with Gasteiger partial charge in [0.1, 0.15) is 0 Å². The molecule has 0 aromatic heterocycles. The van der Waals surface area contributed by atoms with Gasteiger partial charge >= 0.3 is 106 Å². The second kappa shape index (κ2) is 5.32. The summed E-state index contributed by atoms with van der Waals surface area (Å²) in [6.07, 6.45) is 0. The first-order valence-corrected chi connectivity index (χ1v) is 7.41. The van der Waals surface area contributed by atoms with Gasteiger partial charge in [0, 0.05) is 0 Å². The Morgan fingerprint density at radius 3 is 2.00 bits per heavy atom. The zero-order chi connectivity index (χ0) is 13.0. The van der Waals surface area contributed by atoms with Crippen molar-refractivity contribution in [3.8, 4) is 16.9 Å². The van der Waals surface area contributed by atoms with Gasteiger partial charge < -0.3 is 0 Å². The van der Waals surface area contributed by atoms with Crippen molar-refractivity contribution in [2.45, 2.75) is 0 Å². The Bertz CT molecular complexity index is 520. The van der Waals surface area contributed by atoms with E-state index in [0.717, 1.165) is 16.9 Å². The molecule has 0 unspecified atom stereocenters. The van der Waals surface area contributed by atoms with Crippen LogP contribution in [0.25, 0.3) is 11.1 Å². The molecule has 0 aliphatic rings. The average Bonchev–Trinajstić information content (AvgIpc) is 2.40. The first kappa shape index (κ1) is 12.8. The summed E-state index contributed by atoms with van der Waals surface area (Å²) in [5.74, 6) is 1.48. The Labute approximate surface area is 107 Å². The van der Waals surface area contributed by atoms with Crippen LogP contribution in [0.4, 0.5) is 0 Å². The minimum atomic E-state index is -3.75. The third kappa shape index (κ3) is 3.17. The Hall–Kier alpha value is -1.67. The van der Waals surface area contributed by atoms with Crippen molar-refractivity contribution in [3.63, 3.8) is 0 Å². The summed E-state index contributed by atoms with van der Waals surface area (Å²) in [6, 6.07) is 17.1. The van der Waals surface area contributed by atoms with Crippen LogP contribution < -0.4 is 4.52 Å². The molecular weight excluding hydrogens is 247 g/mol. The summed E-state index contributed by atoms with van der Waals surface area (Å²) in [5.41, 5.74) is 2.15. The summed E-state index contributed by atoms with van der Waals surface area (Å²) in [4.78, 5) is 18.8. The fraction of sp³-hybridized carbons (Fsp3) is 0. The summed E-state index contributed by atoms with van der Waals surface area (Å²) >= 11 is 0. The van der Waals surface area contributed by atoms with Crippen molar-refractivity contribution in [2.24, 2.45) is 0 Å². The van der Waals surface area contributed by atoms with Gasteiger partial charge in [-0.05, 0) is 0 Å². The zero-order valence-corrected chi connectivity index (χ0v) is 10.8. The molecule has 2 aromatic carbocycles. The maximum atomic E-state index is 9.42. The van der Waals surface area contributed by atoms with E-state index in [2.05, 4.69) is 6.58 Å². The molecule has 0 radical (unpaired) electrons. The Kier molecular flexibility index (Phi) is 3.78. The third-order valence-electron chi connectivity index (χ3n) is 2.50. The van der Waals surface area contributed by atoms with Gasteiger partial charge in [-0.15, -0.1) is 0 Å². The first-order valence-electron chi connectivity index (χ1n) is 5.53. The van der Waals surface area contributed by atoms with Crippen molar-refractivity contribution in [1.82, 2.24) is 0 Å². The second-order valence-electron chi connectivity index (χ2n) is 3.86. The normalized spacial score (nSPS) is 11.9. The van der Waals surface area contributed by atoms with E-state index < -0.39 is 7.94 Å². The van der Waals surface area contributed by atoms with E-state index in [4.69, 9.17) is 4.52 Å². The molecule has 0 fully saturated rings. The molecule has 0 bridgehead atoms. The van der Waals surface area contributed by atoms with Crippen molar-refractivity contribution >= 4 is 7.94 Å². The standard InChI is InChI=1S/C14H15O3P/c1-2-18(15,16)17-14-10-8-13(9-11-14)12-6-4-3-5-7-12/h2-11,15-16,18H,1H2. The van der Waals surface area contributed by atoms with E-state index in [-0.39, 0.29) is 0 Å². The van der Waals surface area contributed by atoms with Crippen molar-refractivity contribution in [1.29, 1.82) is 0 Å². The number of rotatable bonds is 4. The van der Waals surface area contributed by atoms with Crippen molar-refractivity contribution in [3.05, 3.63) is 67.0 Å². The number of benzene rings is 2. The van der Waals surface area contributed by atoms with Gasteiger partial charge in [0.15, 0.2) is 0 Å². The van der Waals surface area contributed by atoms with E-state index in [1.165, 1.54) is 0 Å². The Morgan fingerprint density at radius 2 is 1.44 bits per heavy atom. The molecule has 0 spiro atoms. The molecule has 0 atom stereocenters. The van der Waals surface area contributed by atoms with E-state index in [1.807, 2.05) is 42.5 Å². The molecule has 18 heavy (non-hydrogen) atoms. The van der Waals surface area contributed by atoms with Crippen LogP contribution in [0.1, 0.15) is 0 Å². The molecule has 0 saturated carbocycles. The van der Waals surface area contributed by atoms with Gasteiger partial charge in [0.25, 0.3) is 0 Å². The van der Waals surface area contributed by atoms with Gasteiger partial charge in [-0.2, -0.15) is 0 Å². The molecule has 0 amide bonds. The predicted molar refractivity (Wildman–Crippen MR) is 75.5 cm³/mol. The maximum absolute atomic E-state index is 9.42. The first-order chi connectivity index (χ1) is 8.61. The van der Waals surface area contributed by atoms with E-state index in [9.17, 15) is 9.79 Å². The van der Waals surface area contributed by atoms with Gasteiger partial charge in [0.2, 0.25) is 0 Å². The third-order valence-corrected chi connectivity index (χ3v) is 3.56. The van der Waals surface area contributed by atoms with Gasteiger partial charge in [0.05, 0.1) is 0 Å². The van der Waals surface area contributed by atoms with Gasteiger partial charge in [-0.25, -0.2) is 0 Å². The molecule has 4 heteroatoms. The van der Waals surface area contributed by atoms with Crippen molar-refractivity contribution < 1.29 is 14.3 Å². The minimum absolute atomic E-state index is 0.422. The SMILES string of the molecule is C=C[PH](O)(O)Oc1ccc(-c2ccccc2)cc1. The monoisotopic (exact) mass is 262 g/mol. The molecular formula is C14H15O3P. The quantitative estimate of drug-likeness (QED) is 0.831. The second-order valence-corrected chi connectivity index (χ2v) is 5.78. The molecule has 94 valence electrons. The summed E-state index contributed by atoms with van der Waals surface area (Å²) in [7, 11) is -3.75. The molecule has 0 aliphatic carbocycles.